The average molecular weight is 285 g/mol. The van der Waals surface area contributed by atoms with E-state index in [1.807, 2.05) is 53.4 Å². The van der Waals surface area contributed by atoms with E-state index in [0.29, 0.717) is 13.0 Å². The average Bonchev–Trinajstić information content (AvgIpc) is 3.02. The van der Waals surface area contributed by atoms with E-state index in [2.05, 4.69) is 10.6 Å². The van der Waals surface area contributed by atoms with Gasteiger partial charge in [-0.1, -0.05) is 6.07 Å². The van der Waals surface area contributed by atoms with E-state index in [1.165, 1.54) is 0 Å². The number of morpholine rings is 1. The maximum Gasteiger partial charge on any atom is 0.227 e. The SMILES string of the molecule is O=C(CC1CNCCO1)Nc1cccc(-n2cccc2)c1. The van der Waals surface area contributed by atoms with E-state index in [4.69, 9.17) is 4.74 Å². The molecule has 2 N–H and O–H groups in total. The van der Waals surface area contributed by atoms with Crippen molar-refractivity contribution in [3.63, 3.8) is 0 Å². The second-order valence-corrected chi connectivity index (χ2v) is 5.09. The molecule has 110 valence electrons. The third kappa shape index (κ3) is 3.71. The number of benzene rings is 1. The summed E-state index contributed by atoms with van der Waals surface area (Å²) >= 11 is 0. The number of hydrogen-bond acceptors (Lipinski definition) is 3. The van der Waals surface area contributed by atoms with Gasteiger partial charge < -0.3 is 19.9 Å². The first-order valence-corrected chi connectivity index (χ1v) is 7.17. The van der Waals surface area contributed by atoms with Crippen molar-refractivity contribution in [3.8, 4) is 5.69 Å². The number of ether oxygens (including phenoxy) is 1. The monoisotopic (exact) mass is 285 g/mol. The van der Waals surface area contributed by atoms with Crippen LogP contribution >= 0.6 is 0 Å². The zero-order valence-electron chi connectivity index (χ0n) is 11.8. The lowest BCUT2D eigenvalue weighted by Crippen LogP contribution is -2.40. The standard InChI is InChI=1S/C16H19N3O2/c20-16(11-15-12-17-6-9-21-15)18-13-4-3-5-14(10-13)19-7-1-2-8-19/h1-5,7-8,10,15,17H,6,9,11-12H2,(H,18,20). The Kier molecular flexibility index (Phi) is 4.33. The van der Waals surface area contributed by atoms with Gasteiger partial charge in [0.2, 0.25) is 5.91 Å². The summed E-state index contributed by atoms with van der Waals surface area (Å²) in [6.07, 6.45) is 4.29. The first-order chi connectivity index (χ1) is 10.3. The van der Waals surface area contributed by atoms with Crippen molar-refractivity contribution in [2.75, 3.05) is 25.0 Å². The number of hydrogen-bond donors (Lipinski definition) is 2. The molecule has 5 heteroatoms. The molecule has 1 aliphatic rings. The number of nitrogens with one attached hydrogen (secondary N) is 2. The van der Waals surface area contributed by atoms with Gasteiger partial charge in [0, 0.05) is 36.9 Å². The molecular formula is C16H19N3O2. The fourth-order valence-electron chi connectivity index (χ4n) is 2.42. The first-order valence-electron chi connectivity index (χ1n) is 7.17. The predicted octanol–water partition coefficient (Wildman–Crippen LogP) is 1.79. The molecule has 1 saturated heterocycles. The summed E-state index contributed by atoms with van der Waals surface area (Å²) in [5, 5.41) is 6.15. The van der Waals surface area contributed by atoms with Crippen LogP contribution in [0.15, 0.2) is 48.8 Å². The lowest BCUT2D eigenvalue weighted by Gasteiger charge is -2.23. The molecule has 0 bridgehead atoms. The van der Waals surface area contributed by atoms with Crippen LogP contribution in [0, 0.1) is 0 Å². The topological polar surface area (TPSA) is 55.3 Å². The van der Waals surface area contributed by atoms with Crippen LogP contribution in [-0.2, 0) is 9.53 Å². The summed E-state index contributed by atoms with van der Waals surface area (Å²) in [5.74, 6) is -0.0200. The van der Waals surface area contributed by atoms with Crippen molar-refractivity contribution < 1.29 is 9.53 Å². The lowest BCUT2D eigenvalue weighted by molar-refractivity contribution is -0.119. The molecule has 0 saturated carbocycles. The van der Waals surface area contributed by atoms with E-state index in [-0.39, 0.29) is 12.0 Å². The molecule has 2 aromatic rings. The largest absolute Gasteiger partial charge is 0.375 e. The highest BCUT2D eigenvalue weighted by atomic mass is 16.5. The van der Waals surface area contributed by atoms with Crippen LogP contribution < -0.4 is 10.6 Å². The minimum absolute atomic E-state index is 0.0200. The minimum atomic E-state index is -0.0358. The molecule has 1 atom stereocenters. The number of rotatable bonds is 4. The number of amides is 1. The summed E-state index contributed by atoms with van der Waals surface area (Å²) < 4.78 is 7.55. The molecule has 1 aliphatic heterocycles. The second-order valence-electron chi connectivity index (χ2n) is 5.09. The van der Waals surface area contributed by atoms with Gasteiger partial charge in [0.1, 0.15) is 0 Å². The molecule has 21 heavy (non-hydrogen) atoms. The van der Waals surface area contributed by atoms with Gasteiger partial charge in [0.05, 0.1) is 19.1 Å². The van der Waals surface area contributed by atoms with Crippen LogP contribution in [0.25, 0.3) is 5.69 Å². The van der Waals surface area contributed by atoms with E-state index in [9.17, 15) is 4.79 Å². The fraction of sp³-hybridized carbons (Fsp3) is 0.312. The van der Waals surface area contributed by atoms with Gasteiger partial charge >= 0.3 is 0 Å². The maximum absolute atomic E-state index is 12.1. The fourth-order valence-corrected chi connectivity index (χ4v) is 2.42. The van der Waals surface area contributed by atoms with Crippen LogP contribution in [0.2, 0.25) is 0 Å². The van der Waals surface area contributed by atoms with Gasteiger partial charge in [0.25, 0.3) is 0 Å². The molecular weight excluding hydrogens is 266 g/mol. The molecule has 1 unspecified atom stereocenters. The third-order valence-corrected chi connectivity index (χ3v) is 3.45. The number of carbonyl (C=O) groups excluding carboxylic acids is 1. The van der Waals surface area contributed by atoms with Crippen LogP contribution in [-0.4, -0.2) is 36.3 Å². The Bertz CT molecular complexity index is 589. The summed E-state index contributed by atoms with van der Waals surface area (Å²) in [6, 6.07) is 11.7. The van der Waals surface area contributed by atoms with Crippen LogP contribution in [0.3, 0.4) is 0 Å². The molecule has 1 fully saturated rings. The highest BCUT2D eigenvalue weighted by Gasteiger charge is 2.17. The van der Waals surface area contributed by atoms with E-state index < -0.39 is 0 Å². The van der Waals surface area contributed by atoms with Crippen LogP contribution in [0.4, 0.5) is 5.69 Å². The zero-order valence-corrected chi connectivity index (χ0v) is 11.8. The Morgan fingerprint density at radius 2 is 2.19 bits per heavy atom. The van der Waals surface area contributed by atoms with Gasteiger partial charge in [-0.2, -0.15) is 0 Å². The molecule has 1 aromatic carbocycles. The lowest BCUT2D eigenvalue weighted by atomic mass is 10.2. The first kappa shape index (κ1) is 13.9. The van der Waals surface area contributed by atoms with Gasteiger partial charge in [-0.05, 0) is 30.3 Å². The summed E-state index contributed by atoms with van der Waals surface area (Å²) in [4.78, 5) is 12.1. The molecule has 0 spiro atoms. The molecule has 0 radical (unpaired) electrons. The predicted molar refractivity (Wildman–Crippen MR) is 81.6 cm³/mol. The molecule has 3 rings (SSSR count). The summed E-state index contributed by atoms with van der Waals surface area (Å²) in [7, 11) is 0. The Hall–Kier alpha value is -2.11. The number of carbonyl (C=O) groups is 1. The van der Waals surface area contributed by atoms with Crippen molar-refractivity contribution >= 4 is 11.6 Å². The molecule has 2 heterocycles. The number of aromatic nitrogens is 1. The number of anilines is 1. The Morgan fingerprint density at radius 1 is 1.33 bits per heavy atom. The Labute approximate surface area is 123 Å². The van der Waals surface area contributed by atoms with Gasteiger partial charge in [-0.15, -0.1) is 0 Å². The third-order valence-electron chi connectivity index (χ3n) is 3.45. The molecule has 0 aliphatic carbocycles. The van der Waals surface area contributed by atoms with Crippen molar-refractivity contribution in [1.82, 2.24) is 9.88 Å². The smallest absolute Gasteiger partial charge is 0.227 e. The van der Waals surface area contributed by atoms with Crippen LogP contribution in [0.5, 0.6) is 0 Å². The second kappa shape index (κ2) is 6.56. The Morgan fingerprint density at radius 3 is 2.95 bits per heavy atom. The zero-order chi connectivity index (χ0) is 14.5. The Balaban J connectivity index is 1.62. The molecule has 5 nitrogen and oxygen atoms in total. The van der Waals surface area contributed by atoms with Crippen molar-refractivity contribution in [1.29, 1.82) is 0 Å². The quantitative estimate of drug-likeness (QED) is 0.900. The maximum atomic E-state index is 12.1. The van der Waals surface area contributed by atoms with Crippen molar-refractivity contribution in [3.05, 3.63) is 48.8 Å². The van der Waals surface area contributed by atoms with Gasteiger partial charge in [-0.3, -0.25) is 4.79 Å². The summed E-state index contributed by atoms with van der Waals surface area (Å²) in [6.45, 7) is 2.26. The van der Waals surface area contributed by atoms with Crippen LogP contribution in [0.1, 0.15) is 6.42 Å². The van der Waals surface area contributed by atoms with E-state index in [1.54, 1.807) is 0 Å². The van der Waals surface area contributed by atoms with E-state index >= 15 is 0 Å². The van der Waals surface area contributed by atoms with Gasteiger partial charge in [0.15, 0.2) is 0 Å². The molecule has 1 amide bonds. The van der Waals surface area contributed by atoms with Crippen molar-refractivity contribution in [2.45, 2.75) is 12.5 Å². The van der Waals surface area contributed by atoms with E-state index in [0.717, 1.165) is 24.5 Å². The highest BCUT2D eigenvalue weighted by molar-refractivity contribution is 5.91. The minimum Gasteiger partial charge on any atom is -0.375 e. The molecule has 1 aromatic heterocycles. The van der Waals surface area contributed by atoms with Gasteiger partial charge in [-0.25, -0.2) is 0 Å². The summed E-state index contributed by atoms with van der Waals surface area (Å²) in [5.41, 5.74) is 1.82. The number of nitrogens with zero attached hydrogens (tertiary/aromatic N) is 1. The normalized spacial score (nSPS) is 18.4. The highest BCUT2D eigenvalue weighted by Crippen LogP contribution is 2.15. The van der Waals surface area contributed by atoms with Crippen molar-refractivity contribution in [2.24, 2.45) is 0 Å².